The van der Waals surface area contributed by atoms with Crippen molar-refractivity contribution < 1.29 is 15.0 Å². The molecule has 0 saturated carbocycles. The van der Waals surface area contributed by atoms with E-state index in [0.717, 1.165) is 5.02 Å². The zero-order chi connectivity index (χ0) is 9.56. The fraction of sp³-hybridized carbons (Fsp3) is 0. The molecule has 1 aromatic rings. The van der Waals surface area contributed by atoms with Crippen molar-refractivity contribution >= 4 is 45.7 Å². The summed E-state index contributed by atoms with van der Waals surface area (Å²) in [5.74, 6) is 0. The second kappa shape index (κ2) is 6.21. The number of carbonyl (C=O) groups is 1. The normalized spacial score (nSPS) is 8.08. The molecule has 1 rings (SSSR count). The van der Waals surface area contributed by atoms with Gasteiger partial charge in [0, 0.05) is 0 Å². The summed E-state index contributed by atoms with van der Waals surface area (Å²) < 4.78 is 1.36. The molecule has 0 heterocycles. The Kier molecular flexibility index (Phi) is 6.03. The summed E-state index contributed by atoms with van der Waals surface area (Å²) in [5.41, 5.74) is 0. The molecular weight excluding hydrogens is 377 g/mol. The second-order valence-corrected chi connectivity index (χ2v) is 4.17. The van der Waals surface area contributed by atoms with E-state index >= 15 is 0 Å². The van der Waals surface area contributed by atoms with Gasteiger partial charge in [-0.1, -0.05) is 0 Å². The zero-order valence-electron chi connectivity index (χ0n) is 5.86. The Balaban J connectivity index is 0.000000261. The van der Waals surface area contributed by atoms with E-state index < -0.39 is 6.16 Å². The van der Waals surface area contributed by atoms with Gasteiger partial charge in [0.1, 0.15) is 0 Å². The number of rotatable bonds is 0. The Morgan fingerprint density at radius 2 is 1.58 bits per heavy atom. The summed E-state index contributed by atoms with van der Waals surface area (Å²) in [6, 6.07) is 7.90. The minimum absolute atomic E-state index is 0.819. The first-order valence-electron chi connectivity index (χ1n) is 2.85. The standard InChI is InChI=1S/C6H4Cl.CH2O3.Bi/c7-6-4-2-1-3-5-6;2-1(3)4;/h2-5H;(H2,2,3,4);/q;;+2/p-2. The Morgan fingerprint density at radius 3 is 1.83 bits per heavy atom. The average Bonchev–Trinajstić information content (AvgIpc) is 1.94. The number of carboxylic acid groups (broad SMARTS) is 2. The van der Waals surface area contributed by atoms with Crippen molar-refractivity contribution in [2.45, 2.75) is 0 Å². The molecule has 3 nitrogen and oxygen atoms in total. The van der Waals surface area contributed by atoms with Crippen LogP contribution >= 0.6 is 11.6 Å². The van der Waals surface area contributed by atoms with Crippen molar-refractivity contribution in [2.24, 2.45) is 0 Å². The van der Waals surface area contributed by atoms with E-state index in [9.17, 15) is 0 Å². The van der Waals surface area contributed by atoms with E-state index in [1.54, 1.807) is 0 Å². The molecule has 0 saturated heterocycles. The van der Waals surface area contributed by atoms with Gasteiger partial charge in [-0.2, -0.15) is 0 Å². The van der Waals surface area contributed by atoms with Crippen LogP contribution in [0.25, 0.3) is 0 Å². The summed E-state index contributed by atoms with van der Waals surface area (Å²) in [7, 11) is 0. The fourth-order valence-electron chi connectivity index (χ4n) is 0.441. The van der Waals surface area contributed by atoms with Crippen molar-refractivity contribution in [2.75, 3.05) is 0 Å². The molecule has 1 aromatic carbocycles. The van der Waals surface area contributed by atoms with Crippen molar-refractivity contribution in [3.8, 4) is 0 Å². The molecular formula is C7H4BiClO3. The van der Waals surface area contributed by atoms with E-state index in [4.69, 9.17) is 26.6 Å². The third-order valence-corrected chi connectivity index (χ3v) is 2.24. The van der Waals surface area contributed by atoms with Crippen LogP contribution in [0, 0.1) is 0 Å². The van der Waals surface area contributed by atoms with Crippen molar-refractivity contribution in [1.29, 1.82) is 0 Å². The summed E-state index contributed by atoms with van der Waals surface area (Å²) in [6.45, 7) is 0. The summed E-state index contributed by atoms with van der Waals surface area (Å²) in [6.07, 6.45) is -2.33. The van der Waals surface area contributed by atoms with Crippen LogP contribution in [0.15, 0.2) is 24.3 Å². The summed E-state index contributed by atoms with van der Waals surface area (Å²) in [5, 5.41) is 17.5. The van der Waals surface area contributed by atoms with Crippen LogP contribution in [-0.4, -0.2) is 30.9 Å². The van der Waals surface area contributed by atoms with Gasteiger partial charge >= 0.3 is 68.9 Å². The first-order valence-corrected chi connectivity index (χ1v) is 4.96. The molecule has 0 aliphatic rings. The molecule has 0 aromatic heterocycles. The zero-order valence-corrected chi connectivity index (χ0v) is 10.1. The minimum atomic E-state index is -2.33. The van der Waals surface area contributed by atoms with Crippen LogP contribution in [0.3, 0.4) is 0 Å². The predicted octanol–water partition coefficient (Wildman–Crippen LogP) is -1.31. The van der Waals surface area contributed by atoms with Gasteiger partial charge in [0.2, 0.25) is 0 Å². The maximum absolute atomic E-state index is 8.33. The van der Waals surface area contributed by atoms with Gasteiger partial charge in [-0.3, -0.25) is 0 Å². The van der Waals surface area contributed by atoms with E-state index in [1.165, 1.54) is 28.0 Å². The van der Waals surface area contributed by atoms with Crippen LogP contribution in [0.1, 0.15) is 0 Å². The van der Waals surface area contributed by atoms with Crippen LogP contribution in [0.2, 0.25) is 5.02 Å². The molecule has 0 N–H and O–H groups in total. The van der Waals surface area contributed by atoms with E-state index in [1.807, 2.05) is 24.3 Å². The third kappa shape index (κ3) is 7.77. The number of hydrogen-bond acceptors (Lipinski definition) is 3. The average molecular weight is 381 g/mol. The number of hydrogen-bond donors (Lipinski definition) is 0. The number of carbonyl (C=O) groups excluding carboxylic acids is 1. The quantitative estimate of drug-likeness (QED) is 0.525. The third-order valence-electron chi connectivity index (χ3n) is 0.827. The van der Waals surface area contributed by atoms with Gasteiger partial charge in [0.15, 0.2) is 0 Å². The van der Waals surface area contributed by atoms with Crippen molar-refractivity contribution in [3.05, 3.63) is 29.3 Å². The SMILES string of the molecule is Clc1cc[c]([Bi+2])cc1.O=C([O-])[O-]. The van der Waals surface area contributed by atoms with Crippen LogP contribution in [-0.2, 0) is 0 Å². The first kappa shape index (κ1) is 11.7. The number of halogens is 1. The molecule has 0 unspecified atom stereocenters. The molecule has 0 atom stereocenters. The van der Waals surface area contributed by atoms with Gasteiger partial charge in [-0.05, 0) is 6.16 Å². The monoisotopic (exact) mass is 380 g/mol. The van der Waals surface area contributed by atoms with Gasteiger partial charge in [0.05, 0.1) is 0 Å². The second-order valence-electron chi connectivity index (χ2n) is 1.73. The molecule has 12 heavy (non-hydrogen) atoms. The maximum atomic E-state index is 8.33. The van der Waals surface area contributed by atoms with E-state index in [0.29, 0.717) is 0 Å². The molecule has 62 valence electrons. The van der Waals surface area contributed by atoms with Crippen molar-refractivity contribution in [1.82, 2.24) is 0 Å². The smallest absolute Gasteiger partial charge is 0.0431 e. The van der Waals surface area contributed by atoms with Gasteiger partial charge in [0.25, 0.3) is 0 Å². The Morgan fingerprint density at radius 1 is 1.25 bits per heavy atom. The van der Waals surface area contributed by atoms with Crippen LogP contribution in [0.5, 0.6) is 0 Å². The van der Waals surface area contributed by atoms with Gasteiger partial charge in [-0.25, -0.2) is 0 Å². The Hall–Kier alpha value is -0.337. The van der Waals surface area contributed by atoms with E-state index in [2.05, 4.69) is 0 Å². The fourth-order valence-corrected chi connectivity index (χ4v) is 1.15. The molecule has 5 heteroatoms. The molecule has 0 spiro atoms. The summed E-state index contributed by atoms with van der Waals surface area (Å²) >= 11 is 6.92. The molecule has 2 radical (unpaired) electrons. The predicted molar refractivity (Wildman–Crippen MR) is 42.2 cm³/mol. The largest absolute Gasteiger partial charge is 0.652 e. The maximum Gasteiger partial charge on any atom is -0.0431 e. The van der Waals surface area contributed by atoms with Crippen LogP contribution < -0.4 is 13.5 Å². The Bertz CT molecular complexity index is 222. The van der Waals surface area contributed by atoms with E-state index in [-0.39, 0.29) is 0 Å². The minimum Gasteiger partial charge on any atom is -0.652 e. The Labute approximate surface area is 89.8 Å². The molecule has 0 bridgehead atoms. The first-order chi connectivity index (χ1) is 5.52. The number of benzene rings is 1. The topological polar surface area (TPSA) is 63.2 Å². The molecule has 0 aliphatic carbocycles. The van der Waals surface area contributed by atoms with Crippen LogP contribution in [0.4, 0.5) is 4.79 Å². The molecule has 0 fully saturated rings. The van der Waals surface area contributed by atoms with Crippen molar-refractivity contribution in [3.63, 3.8) is 0 Å². The molecule has 0 aliphatic heterocycles. The molecule has 0 amide bonds. The van der Waals surface area contributed by atoms with Gasteiger partial charge < -0.3 is 15.0 Å². The van der Waals surface area contributed by atoms with Gasteiger partial charge in [-0.15, -0.1) is 0 Å². The summed E-state index contributed by atoms with van der Waals surface area (Å²) in [4.78, 5) is 8.33.